The predicted molar refractivity (Wildman–Crippen MR) is 121 cm³/mol. The van der Waals surface area contributed by atoms with Gasteiger partial charge in [-0.1, -0.05) is 51.8 Å². The van der Waals surface area contributed by atoms with Gasteiger partial charge in [-0.25, -0.2) is 0 Å². The van der Waals surface area contributed by atoms with Crippen molar-refractivity contribution in [3.05, 3.63) is 90.8 Å². The van der Waals surface area contributed by atoms with Crippen molar-refractivity contribution in [2.75, 3.05) is 5.32 Å². The van der Waals surface area contributed by atoms with E-state index in [0.29, 0.717) is 13.2 Å². The molecule has 0 saturated heterocycles. The van der Waals surface area contributed by atoms with Crippen LogP contribution in [0.4, 0.5) is 5.69 Å². The maximum absolute atomic E-state index is 6.14. The highest BCUT2D eigenvalue weighted by Crippen LogP contribution is 2.34. The molecule has 3 aromatic carbocycles. The second-order valence-corrected chi connectivity index (χ2v) is 8.67. The van der Waals surface area contributed by atoms with E-state index in [-0.39, 0.29) is 0 Å². The lowest BCUT2D eigenvalue weighted by Crippen LogP contribution is -2.05. The van der Waals surface area contributed by atoms with Crippen LogP contribution in [-0.4, -0.2) is 0 Å². The first-order valence-electron chi connectivity index (χ1n) is 8.58. The largest absolute Gasteiger partial charge is 0.487 e. The first-order valence-corrected chi connectivity index (χ1v) is 10.5. The summed E-state index contributed by atoms with van der Waals surface area (Å²) in [4.78, 5) is 0. The van der Waals surface area contributed by atoms with Crippen LogP contribution in [-0.2, 0) is 13.2 Å². The summed E-state index contributed by atoms with van der Waals surface area (Å²) < 4.78 is 8.07. The molecule has 0 unspecified atom stereocenters. The molecule has 0 atom stereocenters. The molecule has 0 aliphatic heterocycles. The van der Waals surface area contributed by atoms with E-state index in [0.717, 1.165) is 36.5 Å². The number of rotatable bonds is 6. The van der Waals surface area contributed by atoms with Gasteiger partial charge in [0, 0.05) is 27.3 Å². The van der Waals surface area contributed by atoms with E-state index in [2.05, 4.69) is 75.3 Å². The summed E-state index contributed by atoms with van der Waals surface area (Å²) in [5.41, 5.74) is 5.74. The number of halogens is 3. The molecule has 0 amide bonds. The minimum atomic E-state index is 0.480. The Morgan fingerprint density at radius 3 is 2.44 bits per heavy atom. The van der Waals surface area contributed by atoms with Gasteiger partial charge in [0.2, 0.25) is 0 Å². The summed E-state index contributed by atoms with van der Waals surface area (Å²) in [5, 5.41) is 4.26. The fourth-order valence-electron chi connectivity index (χ4n) is 2.76. The van der Waals surface area contributed by atoms with Crippen LogP contribution in [0.3, 0.4) is 0 Å². The van der Waals surface area contributed by atoms with Gasteiger partial charge in [0.25, 0.3) is 0 Å². The third-order valence-electron chi connectivity index (χ3n) is 4.24. The fourth-order valence-corrected chi connectivity index (χ4v) is 4.31. The summed E-state index contributed by atoms with van der Waals surface area (Å²) in [6.45, 7) is 5.35. The average Bonchev–Trinajstić information content (AvgIpc) is 2.63. The van der Waals surface area contributed by atoms with Crippen LogP contribution in [0, 0.1) is 13.8 Å². The van der Waals surface area contributed by atoms with Crippen molar-refractivity contribution in [2.24, 2.45) is 0 Å². The summed E-state index contributed by atoms with van der Waals surface area (Å²) in [6, 6.07) is 18.2. The van der Waals surface area contributed by atoms with E-state index < -0.39 is 0 Å². The number of anilines is 1. The van der Waals surface area contributed by atoms with Crippen LogP contribution in [0.2, 0.25) is 5.02 Å². The van der Waals surface area contributed by atoms with E-state index in [1.54, 1.807) is 0 Å². The highest BCUT2D eigenvalue weighted by Gasteiger charge is 2.11. The van der Waals surface area contributed by atoms with Gasteiger partial charge in [-0.2, -0.15) is 0 Å². The first kappa shape index (κ1) is 20.2. The zero-order valence-corrected chi connectivity index (χ0v) is 19.1. The molecule has 0 spiro atoms. The molecule has 27 heavy (non-hydrogen) atoms. The maximum Gasteiger partial charge on any atom is 0.139 e. The molecule has 0 aliphatic carbocycles. The Kier molecular flexibility index (Phi) is 6.85. The number of benzene rings is 3. The molecule has 0 aromatic heterocycles. The fraction of sp³-hybridized carbons (Fsp3) is 0.182. The zero-order chi connectivity index (χ0) is 19.4. The Hall–Kier alpha value is -1.49. The lowest BCUT2D eigenvalue weighted by molar-refractivity contribution is 0.301. The van der Waals surface area contributed by atoms with Crippen molar-refractivity contribution >= 4 is 49.1 Å². The van der Waals surface area contributed by atoms with Crippen molar-refractivity contribution in [3.63, 3.8) is 0 Å². The highest BCUT2D eigenvalue weighted by molar-refractivity contribution is 9.11. The molecule has 0 fully saturated rings. The van der Waals surface area contributed by atoms with Crippen LogP contribution in [0.5, 0.6) is 5.75 Å². The Bertz CT molecular complexity index is 942. The van der Waals surface area contributed by atoms with Crippen LogP contribution in [0.15, 0.2) is 63.5 Å². The van der Waals surface area contributed by atoms with Gasteiger partial charge in [0.05, 0.1) is 4.47 Å². The highest BCUT2D eigenvalue weighted by atomic mass is 79.9. The summed E-state index contributed by atoms with van der Waals surface area (Å²) in [6.07, 6.45) is 0. The molecule has 2 nitrogen and oxygen atoms in total. The molecule has 0 aliphatic rings. The molecular weight excluding hydrogens is 490 g/mol. The average molecular weight is 510 g/mol. The monoisotopic (exact) mass is 507 g/mol. The van der Waals surface area contributed by atoms with E-state index in [1.165, 1.54) is 11.1 Å². The van der Waals surface area contributed by atoms with E-state index in [9.17, 15) is 0 Å². The van der Waals surface area contributed by atoms with Gasteiger partial charge in [-0.3, -0.25) is 0 Å². The van der Waals surface area contributed by atoms with Gasteiger partial charge in [0.1, 0.15) is 12.4 Å². The van der Waals surface area contributed by atoms with Crippen molar-refractivity contribution < 1.29 is 4.74 Å². The standard InChI is InChI=1S/C22H20Br2ClNO/c1-14-3-4-15(2)21(9-14)26-12-17-10-18(23)11-20(24)22(17)27-13-16-5-7-19(25)8-6-16/h3-11,26H,12-13H2,1-2H3. The van der Waals surface area contributed by atoms with E-state index in [1.807, 2.05) is 30.3 Å². The van der Waals surface area contributed by atoms with Crippen molar-refractivity contribution in [1.29, 1.82) is 0 Å². The third-order valence-corrected chi connectivity index (χ3v) is 5.54. The van der Waals surface area contributed by atoms with Crippen LogP contribution in [0.1, 0.15) is 22.3 Å². The molecule has 1 N–H and O–H groups in total. The molecule has 0 radical (unpaired) electrons. The maximum atomic E-state index is 6.14. The number of hydrogen-bond acceptors (Lipinski definition) is 2. The van der Waals surface area contributed by atoms with Gasteiger partial charge in [-0.15, -0.1) is 0 Å². The second kappa shape index (κ2) is 9.13. The number of hydrogen-bond donors (Lipinski definition) is 1. The van der Waals surface area contributed by atoms with Crippen molar-refractivity contribution in [2.45, 2.75) is 27.0 Å². The molecule has 0 saturated carbocycles. The lowest BCUT2D eigenvalue weighted by Gasteiger charge is -2.16. The molecule has 0 bridgehead atoms. The van der Waals surface area contributed by atoms with Crippen molar-refractivity contribution in [3.8, 4) is 5.75 Å². The lowest BCUT2D eigenvalue weighted by atomic mass is 10.1. The molecule has 3 rings (SSSR count). The topological polar surface area (TPSA) is 21.3 Å². The molecule has 0 heterocycles. The number of ether oxygens (including phenoxy) is 1. The van der Waals surface area contributed by atoms with Gasteiger partial charge >= 0.3 is 0 Å². The van der Waals surface area contributed by atoms with E-state index >= 15 is 0 Å². The van der Waals surface area contributed by atoms with Crippen LogP contribution in [0.25, 0.3) is 0 Å². The summed E-state index contributed by atoms with van der Waals surface area (Å²) in [5.74, 6) is 0.839. The zero-order valence-electron chi connectivity index (χ0n) is 15.2. The molecule has 3 aromatic rings. The Balaban J connectivity index is 1.79. The molecule has 140 valence electrons. The normalized spacial score (nSPS) is 10.7. The predicted octanol–water partition coefficient (Wildman–Crippen LogP) is 7.67. The Morgan fingerprint density at radius 1 is 0.963 bits per heavy atom. The number of aryl methyl sites for hydroxylation is 2. The van der Waals surface area contributed by atoms with Crippen LogP contribution < -0.4 is 10.1 Å². The Morgan fingerprint density at radius 2 is 1.70 bits per heavy atom. The van der Waals surface area contributed by atoms with E-state index in [4.69, 9.17) is 16.3 Å². The first-order chi connectivity index (χ1) is 12.9. The molecular formula is C22H20Br2ClNO. The Labute approximate surface area is 182 Å². The molecule has 5 heteroatoms. The summed E-state index contributed by atoms with van der Waals surface area (Å²) in [7, 11) is 0. The smallest absolute Gasteiger partial charge is 0.139 e. The number of nitrogens with one attached hydrogen (secondary N) is 1. The third kappa shape index (κ3) is 5.50. The quantitative estimate of drug-likeness (QED) is 0.368. The van der Waals surface area contributed by atoms with Gasteiger partial charge in [-0.05, 0) is 76.8 Å². The van der Waals surface area contributed by atoms with Crippen LogP contribution >= 0.6 is 43.5 Å². The van der Waals surface area contributed by atoms with Crippen molar-refractivity contribution in [1.82, 2.24) is 0 Å². The SMILES string of the molecule is Cc1ccc(C)c(NCc2cc(Br)cc(Br)c2OCc2ccc(Cl)cc2)c1. The van der Waals surface area contributed by atoms with Gasteiger partial charge in [0.15, 0.2) is 0 Å². The summed E-state index contributed by atoms with van der Waals surface area (Å²) >= 11 is 13.2. The second-order valence-electron chi connectivity index (χ2n) is 6.46. The van der Waals surface area contributed by atoms with Gasteiger partial charge < -0.3 is 10.1 Å². The minimum absolute atomic E-state index is 0.480. The minimum Gasteiger partial charge on any atom is -0.487 e.